The number of hydrogen-bond donors (Lipinski definition) is 3. The number of rotatable bonds is 9. The standard InChI is InChI=1S/C20H27N3O5S/c1-23(12-10-15-7-5-6-11-21-15)19-17(28-18(14-24)20(19)25)13-22-29(26,27)16-8-3-2-4-9-16/h2-9,11,17-20,22,24-25H,10,12-14H2,1H3/t17-,18+,19+,20-/m1/s1. The number of aromatic nitrogens is 1. The van der Waals surface area contributed by atoms with E-state index in [1.807, 2.05) is 30.1 Å². The SMILES string of the molecule is CN(CCc1ccccn1)[C@@H]1[C@H](O)[C@H](CO)O[C@@H]1CNS(=O)(=O)c1ccccc1. The van der Waals surface area contributed by atoms with Gasteiger partial charge in [-0.05, 0) is 31.3 Å². The Morgan fingerprint density at radius 3 is 2.52 bits per heavy atom. The summed E-state index contributed by atoms with van der Waals surface area (Å²) in [5, 5.41) is 20.1. The molecule has 1 aliphatic heterocycles. The molecule has 9 heteroatoms. The van der Waals surface area contributed by atoms with Crippen molar-refractivity contribution < 1.29 is 23.4 Å². The lowest BCUT2D eigenvalue weighted by Gasteiger charge is -2.30. The fraction of sp³-hybridized carbons (Fsp3) is 0.450. The number of aliphatic hydroxyl groups excluding tert-OH is 2. The maximum Gasteiger partial charge on any atom is 0.240 e. The molecule has 0 unspecified atom stereocenters. The highest BCUT2D eigenvalue weighted by atomic mass is 32.2. The number of nitrogens with one attached hydrogen (secondary N) is 1. The van der Waals surface area contributed by atoms with Crippen molar-refractivity contribution in [2.24, 2.45) is 0 Å². The van der Waals surface area contributed by atoms with Crippen molar-refractivity contribution in [3.05, 3.63) is 60.4 Å². The Balaban J connectivity index is 1.66. The number of pyridine rings is 1. The summed E-state index contributed by atoms with van der Waals surface area (Å²) in [5.41, 5.74) is 0.924. The summed E-state index contributed by atoms with van der Waals surface area (Å²) < 4.78 is 33.3. The van der Waals surface area contributed by atoms with Gasteiger partial charge >= 0.3 is 0 Å². The molecule has 3 N–H and O–H groups in total. The zero-order valence-electron chi connectivity index (χ0n) is 16.3. The van der Waals surface area contributed by atoms with Crippen LogP contribution in [0.15, 0.2) is 59.6 Å². The van der Waals surface area contributed by atoms with Crippen molar-refractivity contribution in [2.75, 3.05) is 26.7 Å². The molecule has 1 aromatic carbocycles. The smallest absolute Gasteiger partial charge is 0.240 e. The minimum Gasteiger partial charge on any atom is -0.394 e. The summed E-state index contributed by atoms with van der Waals surface area (Å²) in [4.78, 5) is 6.39. The number of ether oxygens (including phenoxy) is 1. The van der Waals surface area contributed by atoms with Crippen molar-refractivity contribution in [1.29, 1.82) is 0 Å². The molecule has 0 radical (unpaired) electrons. The van der Waals surface area contributed by atoms with Gasteiger partial charge in [-0.3, -0.25) is 9.88 Å². The molecule has 1 fully saturated rings. The second kappa shape index (κ2) is 9.75. The van der Waals surface area contributed by atoms with Crippen LogP contribution in [0.3, 0.4) is 0 Å². The van der Waals surface area contributed by atoms with E-state index in [0.29, 0.717) is 13.0 Å². The van der Waals surface area contributed by atoms with Gasteiger partial charge in [0.1, 0.15) is 12.2 Å². The average molecular weight is 422 g/mol. The van der Waals surface area contributed by atoms with Crippen LogP contribution >= 0.6 is 0 Å². The second-order valence-corrected chi connectivity index (χ2v) is 8.86. The lowest BCUT2D eigenvalue weighted by Crippen LogP contribution is -2.50. The zero-order chi connectivity index (χ0) is 20.9. The van der Waals surface area contributed by atoms with Crippen LogP contribution in [0.1, 0.15) is 5.69 Å². The van der Waals surface area contributed by atoms with E-state index in [4.69, 9.17) is 4.74 Å². The van der Waals surface area contributed by atoms with E-state index in [2.05, 4.69) is 9.71 Å². The fourth-order valence-corrected chi connectivity index (χ4v) is 4.62. The Morgan fingerprint density at radius 1 is 1.14 bits per heavy atom. The third-order valence-electron chi connectivity index (χ3n) is 5.13. The van der Waals surface area contributed by atoms with Crippen molar-refractivity contribution in [3.63, 3.8) is 0 Å². The van der Waals surface area contributed by atoms with Crippen LogP contribution in [-0.2, 0) is 21.2 Å². The van der Waals surface area contributed by atoms with E-state index in [0.717, 1.165) is 5.69 Å². The van der Waals surface area contributed by atoms with E-state index in [9.17, 15) is 18.6 Å². The van der Waals surface area contributed by atoms with Gasteiger partial charge in [-0.25, -0.2) is 13.1 Å². The van der Waals surface area contributed by atoms with Crippen LogP contribution in [0.5, 0.6) is 0 Å². The van der Waals surface area contributed by atoms with Crippen LogP contribution in [-0.4, -0.2) is 79.6 Å². The molecule has 3 rings (SSSR count). The largest absolute Gasteiger partial charge is 0.394 e. The molecule has 29 heavy (non-hydrogen) atoms. The van der Waals surface area contributed by atoms with Gasteiger partial charge in [0.05, 0.1) is 23.6 Å². The minimum atomic E-state index is -3.70. The first-order valence-electron chi connectivity index (χ1n) is 9.51. The number of aliphatic hydroxyl groups is 2. The van der Waals surface area contributed by atoms with Gasteiger partial charge in [0.15, 0.2) is 0 Å². The van der Waals surface area contributed by atoms with Gasteiger partial charge in [-0.15, -0.1) is 0 Å². The predicted octanol–water partition coefficient (Wildman–Crippen LogP) is 0.0236. The van der Waals surface area contributed by atoms with Gasteiger partial charge in [0.25, 0.3) is 0 Å². The van der Waals surface area contributed by atoms with Gasteiger partial charge in [0.2, 0.25) is 10.0 Å². The normalized spacial score (nSPS) is 24.8. The molecule has 0 spiro atoms. The summed E-state index contributed by atoms with van der Waals surface area (Å²) in [6.45, 7) is 0.249. The fourth-order valence-electron chi connectivity index (χ4n) is 3.55. The molecule has 2 heterocycles. The Morgan fingerprint density at radius 2 is 1.86 bits per heavy atom. The van der Waals surface area contributed by atoms with E-state index >= 15 is 0 Å². The number of hydrogen-bond acceptors (Lipinski definition) is 7. The monoisotopic (exact) mass is 421 g/mol. The molecule has 0 aliphatic carbocycles. The van der Waals surface area contributed by atoms with Crippen molar-refractivity contribution >= 4 is 10.0 Å². The maximum absolute atomic E-state index is 12.5. The van der Waals surface area contributed by atoms with Gasteiger partial charge in [-0.1, -0.05) is 24.3 Å². The average Bonchev–Trinajstić information content (AvgIpc) is 3.07. The highest BCUT2D eigenvalue weighted by molar-refractivity contribution is 7.89. The van der Waals surface area contributed by atoms with Crippen LogP contribution < -0.4 is 4.72 Å². The first-order chi connectivity index (χ1) is 13.9. The summed E-state index contributed by atoms with van der Waals surface area (Å²) in [6, 6.07) is 13.3. The van der Waals surface area contributed by atoms with Gasteiger partial charge in [-0.2, -0.15) is 0 Å². The molecular weight excluding hydrogens is 394 g/mol. The Labute approximate surface area is 171 Å². The van der Waals surface area contributed by atoms with E-state index in [1.54, 1.807) is 24.4 Å². The Hall–Kier alpha value is -1.88. The summed E-state index contributed by atoms with van der Waals surface area (Å²) in [5.74, 6) is 0. The third kappa shape index (κ3) is 5.39. The van der Waals surface area contributed by atoms with Crippen molar-refractivity contribution in [2.45, 2.75) is 35.7 Å². The number of sulfonamides is 1. The number of nitrogens with zero attached hydrogens (tertiary/aromatic N) is 2. The summed E-state index contributed by atoms with van der Waals surface area (Å²) >= 11 is 0. The molecule has 1 saturated heterocycles. The quantitative estimate of drug-likeness (QED) is 0.523. The van der Waals surface area contributed by atoms with Crippen LogP contribution in [0.2, 0.25) is 0 Å². The molecule has 158 valence electrons. The zero-order valence-corrected chi connectivity index (χ0v) is 17.1. The van der Waals surface area contributed by atoms with E-state index in [1.165, 1.54) is 12.1 Å². The second-order valence-electron chi connectivity index (χ2n) is 7.09. The highest BCUT2D eigenvalue weighted by Gasteiger charge is 2.45. The topological polar surface area (TPSA) is 112 Å². The molecule has 0 saturated carbocycles. The van der Waals surface area contributed by atoms with E-state index < -0.39 is 34.4 Å². The predicted molar refractivity (Wildman–Crippen MR) is 108 cm³/mol. The molecule has 1 aliphatic rings. The van der Waals surface area contributed by atoms with Crippen LogP contribution in [0, 0.1) is 0 Å². The molecule has 0 bridgehead atoms. The number of benzene rings is 1. The van der Waals surface area contributed by atoms with E-state index in [-0.39, 0.29) is 18.0 Å². The lowest BCUT2D eigenvalue weighted by atomic mass is 10.0. The summed E-state index contributed by atoms with van der Waals surface area (Å²) in [6.07, 6.45) is 0.108. The van der Waals surface area contributed by atoms with Gasteiger partial charge < -0.3 is 14.9 Å². The van der Waals surface area contributed by atoms with Crippen LogP contribution in [0.4, 0.5) is 0 Å². The number of likely N-dealkylation sites (N-methyl/N-ethyl adjacent to an activating group) is 1. The first-order valence-corrected chi connectivity index (χ1v) is 11.0. The van der Waals surface area contributed by atoms with Crippen molar-refractivity contribution in [3.8, 4) is 0 Å². The molecular formula is C20H27N3O5S. The molecule has 4 atom stereocenters. The maximum atomic E-state index is 12.5. The van der Waals surface area contributed by atoms with Gasteiger partial charge in [0, 0.05) is 31.4 Å². The molecule has 1 aromatic heterocycles. The highest BCUT2D eigenvalue weighted by Crippen LogP contribution is 2.25. The molecule has 0 amide bonds. The molecule has 8 nitrogen and oxygen atoms in total. The molecule has 2 aromatic rings. The Kier molecular flexibility index (Phi) is 7.33. The Bertz CT molecular complexity index is 866. The minimum absolute atomic E-state index is 0.0105. The third-order valence-corrected chi connectivity index (χ3v) is 6.56. The lowest BCUT2D eigenvalue weighted by molar-refractivity contribution is -0.0201. The van der Waals surface area contributed by atoms with Crippen molar-refractivity contribution in [1.82, 2.24) is 14.6 Å². The summed E-state index contributed by atoms with van der Waals surface area (Å²) in [7, 11) is -1.85. The van der Waals surface area contributed by atoms with Crippen LogP contribution in [0.25, 0.3) is 0 Å². The first kappa shape index (κ1) is 21.8.